The van der Waals surface area contributed by atoms with Crippen LogP contribution in [0.2, 0.25) is 0 Å². The van der Waals surface area contributed by atoms with E-state index in [1.165, 1.54) is 0 Å². The molecule has 0 unspecified atom stereocenters. The number of aromatic nitrogens is 2. The van der Waals surface area contributed by atoms with E-state index in [0.717, 1.165) is 22.0 Å². The number of rotatable bonds is 4. The summed E-state index contributed by atoms with van der Waals surface area (Å²) in [4.78, 5) is 21.7. The fraction of sp³-hybridized carbons (Fsp3) is 0.200. The van der Waals surface area contributed by atoms with Gasteiger partial charge in [0, 0.05) is 42.0 Å². The van der Waals surface area contributed by atoms with Crippen molar-refractivity contribution in [1.82, 2.24) is 14.9 Å². The highest BCUT2D eigenvalue weighted by atomic mass is 16.2. The van der Waals surface area contributed by atoms with Crippen LogP contribution in [-0.2, 0) is 10.3 Å². The van der Waals surface area contributed by atoms with Gasteiger partial charge in [0.05, 0.1) is 5.54 Å². The van der Waals surface area contributed by atoms with Crippen molar-refractivity contribution in [3.05, 3.63) is 66.0 Å². The molecule has 128 valence electrons. The fourth-order valence-corrected chi connectivity index (χ4v) is 2.83. The first-order valence-corrected chi connectivity index (χ1v) is 8.13. The Morgan fingerprint density at radius 1 is 1.24 bits per heavy atom. The van der Waals surface area contributed by atoms with E-state index in [1.807, 2.05) is 51.4 Å². The zero-order valence-corrected chi connectivity index (χ0v) is 14.7. The Morgan fingerprint density at radius 3 is 2.72 bits per heavy atom. The summed E-state index contributed by atoms with van der Waals surface area (Å²) in [5, 5.41) is 1.12. The molecule has 0 aliphatic rings. The van der Waals surface area contributed by atoms with Crippen LogP contribution in [0.25, 0.3) is 17.0 Å². The Bertz CT molecular complexity index is 922. The van der Waals surface area contributed by atoms with Crippen LogP contribution in [0.15, 0.2) is 54.9 Å². The number of anilines is 1. The van der Waals surface area contributed by atoms with Crippen molar-refractivity contribution >= 4 is 28.7 Å². The number of amides is 1. The number of fused-ring (bicyclic) bond motifs is 1. The number of nitrogen functional groups attached to an aromatic ring is 1. The van der Waals surface area contributed by atoms with E-state index in [4.69, 9.17) is 5.73 Å². The maximum atomic E-state index is 12.6. The van der Waals surface area contributed by atoms with Crippen LogP contribution in [0.3, 0.4) is 0 Å². The molecule has 0 aliphatic heterocycles. The number of hydrogen-bond acceptors (Lipinski definition) is 3. The second-order valence-electron chi connectivity index (χ2n) is 6.55. The molecule has 3 rings (SSSR count). The maximum absolute atomic E-state index is 12.6. The average Bonchev–Trinajstić information content (AvgIpc) is 3.05. The Morgan fingerprint density at radius 2 is 2.00 bits per heavy atom. The summed E-state index contributed by atoms with van der Waals surface area (Å²) in [6.45, 7) is 4.08. The zero-order chi connectivity index (χ0) is 18.0. The molecule has 5 nitrogen and oxygen atoms in total. The largest absolute Gasteiger partial charge is 0.384 e. The lowest BCUT2D eigenvalue weighted by Crippen LogP contribution is -2.41. The van der Waals surface area contributed by atoms with Gasteiger partial charge in [0.15, 0.2) is 0 Å². The standard InChI is InChI=1S/C20H22N4O/c1-20(2,16-13-22-17-7-5-4-6-15(16)17)24(3)19(25)11-9-14-8-10-18(21)23-12-14/h4-13,22H,1-3H3,(H2,21,23). The normalized spacial score (nSPS) is 12.0. The molecule has 0 saturated carbocycles. The fourth-order valence-electron chi connectivity index (χ4n) is 2.83. The number of pyridine rings is 1. The summed E-state index contributed by atoms with van der Waals surface area (Å²) in [5.41, 5.74) is 8.10. The second-order valence-corrected chi connectivity index (χ2v) is 6.55. The first-order valence-electron chi connectivity index (χ1n) is 8.13. The SMILES string of the molecule is CN(C(=O)C=Cc1ccc(N)nc1)C(C)(C)c1c[nH]c2ccccc12. The molecule has 0 saturated heterocycles. The smallest absolute Gasteiger partial charge is 0.247 e. The van der Waals surface area contributed by atoms with Crippen LogP contribution in [0, 0.1) is 0 Å². The summed E-state index contributed by atoms with van der Waals surface area (Å²) >= 11 is 0. The number of benzene rings is 1. The minimum atomic E-state index is -0.458. The van der Waals surface area contributed by atoms with Crippen molar-refractivity contribution in [3.8, 4) is 0 Å². The van der Waals surface area contributed by atoms with Gasteiger partial charge >= 0.3 is 0 Å². The van der Waals surface area contributed by atoms with Gasteiger partial charge in [-0.25, -0.2) is 4.98 Å². The van der Waals surface area contributed by atoms with Gasteiger partial charge in [-0.15, -0.1) is 0 Å². The molecule has 0 radical (unpaired) electrons. The summed E-state index contributed by atoms with van der Waals surface area (Å²) < 4.78 is 0. The van der Waals surface area contributed by atoms with Crippen LogP contribution in [0.1, 0.15) is 25.0 Å². The maximum Gasteiger partial charge on any atom is 0.247 e. The summed E-state index contributed by atoms with van der Waals surface area (Å²) in [5.74, 6) is 0.383. The van der Waals surface area contributed by atoms with Crippen molar-refractivity contribution in [3.63, 3.8) is 0 Å². The molecule has 25 heavy (non-hydrogen) atoms. The first-order chi connectivity index (χ1) is 11.9. The molecule has 0 fully saturated rings. The van der Waals surface area contributed by atoms with E-state index in [1.54, 1.807) is 29.3 Å². The highest BCUT2D eigenvalue weighted by Crippen LogP contribution is 2.32. The molecule has 2 heterocycles. The molecule has 1 amide bonds. The van der Waals surface area contributed by atoms with E-state index in [2.05, 4.69) is 16.0 Å². The average molecular weight is 334 g/mol. The van der Waals surface area contributed by atoms with Crippen LogP contribution in [-0.4, -0.2) is 27.8 Å². The van der Waals surface area contributed by atoms with Crippen LogP contribution < -0.4 is 5.73 Å². The van der Waals surface area contributed by atoms with Crippen molar-refractivity contribution in [2.24, 2.45) is 0 Å². The Labute approximate surface area is 147 Å². The molecular formula is C20H22N4O. The van der Waals surface area contributed by atoms with Gasteiger partial charge in [-0.05, 0) is 43.7 Å². The number of carbonyl (C=O) groups excluding carboxylic acids is 1. The predicted octanol–water partition coefficient (Wildman–Crippen LogP) is 3.55. The number of para-hydroxylation sites is 1. The third-order valence-electron chi connectivity index (χ3n) is 4.65. The minimum Gasteiger partial charge on any atom is -0.384 e. The van der Waals surface area contributed by atoms with Crippen molar-refractivity contribution in [2.45, 2.75) is 19.4 Å². The topological polar surface area (TPSA) is 75.0 Å². The van der Waals surface area contributed by atoms with Crippen LogP contribution in [0.5, 0.6) is 0 Å². The predicted molar refractivity (Wildman–Crippen MR) is 102 cm³/mol. The molecule has 3 aromatic rings. The molecule has 0 bridgehead atoms. The van der Waals surface area contributed by atoms with Gasteiger partial charge in [0.1, 0.15) is 5.82 Å². The lowest BCUT2D eigenvalue weighted by molar-refractivity contribution is -0.129. The van der Waals surface area contributed by atoms with Crippen LogP contribution >= 0.6 is 0 Å². The summed E-state index contributed by atoms with van der Waals surface area (Å²) in [7, 11) is 1.82. The molecule has 2 aromatic heterocycles. The lowest BCUT2D eigenvalue weighted by atomic mass is 9.92. The molecule has 3 N–H and O–H groups in total. The second kappa shape index (κ2) is 6.43. The number of nitrogens with one attached hydrogen (secondary N) is 1. The van der Waals surface area contributed by atoms with Gasteiger partial charge in [-0.1, -0.05) is 18.2 Å². The van der Waals surface area contributed by atoms with Gasteiger partial charge in [0.2, 0.25) is 5.91 Å². The van der Waals surface area contributed by atoms with Gasteiger partial charge in [-0.3, -0.25) is 4.79 Å². The van der Waals surface area contributed by atoms with Gasteiger partial charge in [0.25, 0.3) is 0 Å². The highest BCUT2D eigenvalue weighted by Gasteiger charge is 2.30. The van der Waals surface area contributed by atoms with Crippen molar-refractivity contribution in [1.29, 1.82) is 0 Å². The van der Waals surface area contributed by atoms with E-state index in [-0.39, 0.29) is 5.91 Å². The number of hydrogen-bond donors (Lipinski definition) is 2. The van der Waals surface area contributed by atoms with E-state index < -0.39 is 5.54 Å². The number of likely N-dealkylation sites (N-methyl/N-ethyl adjacent to an activating group) is 1. The van der Waals surface area contributed by atoms with Gasteiger partial charge < -0.3 is 15.6 Å². The number of nitrogens with two attached hydrogens (primary N) is 1. The van der Waals surface area contributed by atoms with E-state index in [9.17, 15) is 4.79 Å². The monoisotopic (exact) mass is 334 g/mol. The molecule has 0 spiro atoms. The lowest BCUT2D eigenvalue weighted by Gasteiger charge is -2.35. The van der Waals surface area contributed by atoms with E-state index in [0.29, 0.717) is 5.82 Å². The Kier molecular flexibility index (Phi) is 4.31. The summed E-state index contributed by atoms with van der Waals surface area (Å²) in [6, 6.07) is 11.6. The molecule has 5 heteroatoms. The Hall–Kier alpha value is -3.08. The van der Waals surface area contributed by atoms with Crippen LogP contribution in [0.4, 0.5) is 5.82 Å². The van der Waals surface area contributed by atoms with Crippen molar-refractivity contribution < 1.29 is 4.79 Å². The number of H-pyrrole nitrogens is 1. The number of nitrogens with zero attached hydrogens (tertiary/aromatic N) is 2. The minimum absolute atomic E-state index is 0.0768. The van der Waals surface area contributed by atoms with Gasteiger partial charge in [-0.2, -0.15) is 0 Å². The van der Waals surface area contributed by atoms with E-state index >= 15 is 0 Å². The van der Waals surface area contributed by atoms with Crippen molar-refractivity contribution in [2.75, 3.05) is 12.8 Å². The molecule has 0 atom stereocenters. The first kappa shape index (κ1) is 16.8. The number of carbonyl (C=O) groups is 1. The molecule has 1 aromatic carbocycles. The zero-order valence-electron chi connectivity index (χ0n) is 14.7. The third-order valence-corrected chi connectivity index (χ3v) is 4.65. The third kappa shape index (κ3) is 3.26. The number of aromatic amines is 1. The summed E-state index contributed by atoms with van der Waals surface area (Å²) in [6.07, 6.45) is 6.92. The highest BCUT2D eigenvalue weighted by molar-refractivity contribution is 5.93. The molecule has 0 aliphatic carbocycles. The quantitative estimate of drug-likeness (QED) is 0.717. The Balaban J connectivity index is 1.84. The molecular weight excluding hydrogens is 312 g/mol.